The smallest absolute Gasteiger partial charge is 0.311 e. The van der Waals surface area contributed by atoms with Crippen molar-refractivity contribution in [2.75, 3.05) is 5.32 Å². The normalized spacial score (nSPS) is 9.32. The number of rotatable bonds is 2. The minimum Gasteiger partial charge on any atom is -0.311 e. The van der Waals surface area contributed by atoms with Gasteiger partial charge in [0.25, 0.3) is 5.91 Å². The van der Waals surface area contributed by atoms with Crippen molar-refractivity contribution >= 4 is 11.7 Å². The number of hydrogen-bond acceptors (Lipinski definition) is 3. The van der Waals surface area contributed by atoms with Gasteiger partial charge in [-0.25, -0.2) is 4.79 Å². The van der Waals surface area contributed by atoms with Gasteiger partial charge in [0.1, 0.15) is 0 Å². The largest absolute Gasteiger partial charge is 0.346 e. The summed E-state index contributed by atoms with van der Waals surface area (Å²) in [5.74, 6) is 5.28. The van der Waals surface area contributed by atoms with E-state index in [0.717, 1.165) is 0 Å². The maximum atomic E-state index is 12.0. The Hall–Kier alpha value is -2.87. The van der Waals surface area contributed by atoms with Crippen LogP contribution in [0.15, 0.2) is 41.3 Å². The molecule has 0 saturated carbocycles. The third-order valence-electron chi connectivity index (χ3n) is 2.34. The second kappa shape index (κ2) is 5.65. The summed E-state index contributed by atoms with van der Waals surface area (Å²) < 4.78 is 0. The highest BCUT2D eigenvalue weighted by molar-refractivity contribution is 6.04. The van der Waals surface area contributed by atoms with Crippen LogP contribution in [0, 0.1) is 11.8 Å². The Morgan fingerprint density at radius 2 is 2.05 bits per heavy atom. The van der Waals surface area contributed by atoms with Crippen molar-refractivity contribution in [1.29, 1.82) is 0 Å². The molecule has 1 aromatic heterocycles. The standard InChI is InChI=1S/C14H11N3O2/c1-2-6-11-9-15-14(19)17-12(11)16-13(18)10-7-4-3-5-8-10/h3-5,7-9H,1H3,(H2,15,16,17,18,19). The second-order valence-corrected chi connectivity index (χ2v) is 3.66. The molecule has 0 saturated heterocycles. The monoisotopic (exact) mass is 253 g/mol. The fourth-order valence-corrected chi connectivity index (χ4v) is 1.49. The van der Waals surface area contributed by atoms with Gasteiger partial charge in [0.2, 0.25) is 0 Å². The molecule has 2 rings (SSSR count). The minimum absolute atomic E-state index is 0.159. The predicted octanol–water partition coefficient (Wildman–Crippen LogP) is 1.39. The fourth-order valence-electron chi connectivity index (χ4n) is 1.49. The summed E-state index contributed by atoms with van der Waals surface area (Å²) in [6, 6.07) is 8.68. The molecule has 5 heteroatoms. The Bertz CT molecular complexity index is 709. The zero-order valence-corrected chi connectivity index (χ0v) is 10.2. The number of anilines is 1. The van der Waals surface area contributed by atoms with Crippen LogP contribution in [0.25, 0.3) is 0 Å². The molecule has 0 unspecified atom stereocenters. The van der Waals surface area contributed by atoms with Crippen LogP contribution in [-0.2, 0) is 0 Å². The highest BCUT2D eigenvalue weighted by Gasteiger charge is 2.09. The van der Waals surface area contributed by atoms with Crippen LogP contribution in [0.4, 0.5) is 5.82 Å². The zero-order valence-electron chi connectivity index (χ0n) is 10.2. The van der Waals surface area contributed by atoms with Gasteiger partial charge in [0.05, 0.1) is 5.56 Å². The number of nitrogens with zero attached hydrogens (tertiary/aromatic N) is 1. The summed E-state index contributed by atoms with van der Waals surface area (Å²) in [7, 11) is 0. The average Bonchev–Trinajstić information content (AvgIpc) is 2.43. The Morgan fingerprint density at radius 1 is 1.32 bits per heavy atom. The van der Waals surface area contributed by atoms with E-state index in [1.54, 1.807) is 31.2 Å². The highest BCUT2D eigenvalue weighted by Crippen LogP contribution is 2.09. The lowest BCUT2D eigenvalue weighted by molar-refractivity contribution is 0.102. The molecule has 94 valence electrons. The molecule has 1 amide bonds. The maximum Gasteiger partial charge on any atom is 0.346 e. The van der Waals surface area contributed by atoms with Gasteiger partial charge >= 0.3 is 5.69 Å². The number of aromatic nitrogens is 2. The summed E-state index contributed by atoms with van der Waals surface area (Å²) >= 11 is 0. The summed E-state index contributed by atoms with van der Waals surface area (Å²) in [5, 5.41) is 2.58. The maximum absolute atomic E-state index is 12.0. The number of carbonyl (C=O) groups excluding carboxylic acids is 1. The molecule has 0 spiro atoms. The average molecular weight is 253 g/mol. The Balaban J connectivity index is 2.32. The van der Waals surface area contributed by atoms with E-state index >= 15 is 0 Å². The van der Waals surface area contributed by atoms with Crippen molar-refractivity contribution in [3.05, 3.63) is 58.1 Å². The number of nitrogens with one attached hydrogen (secondary N) is 2. The van der Waals surface area contributed by atoms with Crippen molar-refractivity contribution in [2.24, 2.45) is 0 Å². The topological polar surface area (TPSA) is 74.8 Å². The highest BCUT2D eigenvalue weighted by atomic mass is 16.2. The minimum atomic E-state index is -0.537. The van der Waals surface area contributed by atoms with Crippen LogP contribution in [0.3, 0.4) is 0 Å². The van der Waals surface area contributed by atoms with Crippen molar-refractivity contribution in [1.82, 2.24) is 9.97 Å². The first-order valence-corrected chi connectivity index (χ1v) is 5.59. The molecule has 5 nitrogen and oxygen atoms in total. The SMILES string of the molecule is CC#Cc1c[nH]c(=O)nc1NC(=O)c1ccccc1. The van der Waals surface area contributed by atoms with Gasteiger partial charge < -0.3 is 10.3 Å². The molecule has 0 aliphatic rings. The number of carbonyl (C=O) groups is 1. The van der Waals surface area contributed by atoms with Crippen LogP contribution in [0.2, 0.25) is 0 Å². The van der Waals surface area contributed by atoms with E-state index in [2.05, 4.69) is 27.1 Å². The number of hydrogen-bond donors (Lipinski definition) is 2. The van der Waals surface area contributed by atoms with E-state index in [-0.39, 0.29) is 11.7 Å². The van der Waals surface area contributed by atoms with Crippen LogP contribution in [0.5, 0.6) is 0 Å². The quantitative estimate of drug-likeness (QED) is 0.794. The first-order chi connectivity index (χ1) is 9.20. The molecule has 0 aliphatic carbocycles. The molecule has 2 aromatic rings. The molecular weight excluding hydrogens is 242 g/mol. The first-order valence-electron chi connectivity index (χ1n) is 5.59. The molecule has 1 heterocycles. The first kappa shape index (κ1) is 12.6. The molecule has 0 bridgehead atoms. The van der Waals surface area contributed by atoms with Crippen LogP contribution < -0.4 is 11.0 Å². The van der Waals surface area contributed by atoms with E-state index in [9.17, 15) is 9.59 Å². The van der Waals surface area contributed by atoms with Gasteiger partial charge in [0.15, 0.2) is 5.82 Å². The van der Waals surface area contributed by atoms with Gasteiger partial charge in [-0.3, -0.25) is 4.79 Å². The van der Waals surface area contributed by atoms with E-state index in [1.165, 1.54) is 6.20 Å². The van der Waals surface area contributed by atoms with Gasteiger partial charge in [-0.1, -0.05) is 24.1 Å². The van der Waals surface area contributed by atoms with Gasteiger partial charge in [-0.05, 0) is 19.1 Å². The lowest BCUT2D eigenvalue weighted by atomic mass is 10.2. The van der Waals surface area contributed by atoms with Crippen molar-refractivity contribution in [3.63, 3.8) is 0 Å². The van der Waals surface area contributed by atoms with Crippen LogP contribution >= 0.6 is 0 Å². The Labute approximate surface area is 109 Å². The van der Waals surface area contributed by atoms with Crippen LogP contribution in [0.1, 0.15) is 22.8 Å². The van der Waals surface area contributed by atoms with Gasteiger partial charge in [-0.2, -0.15) is 4.98 Å². The predicted molar refractivity (Wildman–Crippen MR) is 71.8 cm³/mol. The number of H-pyrrole nitrogens is 1. The van der Waals surface area contributed by atoms with Crippen LogP contribution in [-0.4, -0.2) is 15.9 Å². The summed E-state index contributed by atoms with van der Waals surface area (Å²) in [5.41, 5.74) is 0.413. The summed E-state index contributed by atoms with van der Waals surface area (Å²) in [6.45, 7) is 1.66. The lowest BCUT2D eigenvalue weighted by Crippen LogP contribution is -2.19. The van der Waals surface area contributed by atoms with E-state index in [0.29, 0.717) is 11.1 Å². The van der Waals surface area contributed by atoms with Gasteiger partial charge in [-0.15, -0.1) is 5.92 Å². The Morgan fingerprint density at radius 3 is 2.74 bits per heavy atom. The number of amides is 1. The van der Waals surface area contributed by atoms with Crippen molar-refractivity contribution < 1.29 is 4.79 Å². The molecule has 2 N–H and O–H groups in total. The van der Waals surface area contributed by atoms with Crippen molar-refractivity contribution in [2.45, 2.75) is 6.92 Å². The molecule has 19 heavy (non-hydrogen) atoms. The summed E-state index contributed by atoms with van der Waals surface area (Å²) in [6.07, 6.45) is 1.42. The van der Waals surface area contributed by atoms with E-state index < -0.39 is 5.69 Å². The molecule has 0 atom stereocenters. The molecular formula is C14H11N3O2. The molecule has 1 aromatic carbocycles. The fraction of sp³-hybridized carbons (Fsp3) is 0.0714. The van der Waals surface area contributed by atoms with E-state index in [4.69, 9.17) is 0 Å². The lowest BCUT2D eigenvalue weighted by Gasteiger charge is -2.05. The number of benzene rings is 1. The second-order valence-electron chi connectivity index (χ2n) is 3.66. The van der Waals surface area contributed by atoms with Crippen molar-refractivity contribution in [3.8, 4) is 11.8 Å². The zero-order chi connectivity index (χ0) is 13.7. The van der Waals surface area contributed by atoms with Gasteiger partial charge in [0, 0.05) is 11.8 Å². The molecule has 0 radical (unpaired) electrons. The molecule has 0 aliphatic heterocycles. The van der Waals surface area contributed by atoms with E-state index in [1.807, 2.05) is 6.07 Å². The number of aromatic amines is 1. The third-order valence-corrected chi connectivity index (χ3v) is 2.34. The summed E-state index contributed by atoms with van der Waals surface area (Å²) in [4.78, 5) is 29.3. The molecule has 0 fully saturated rings. The Kier molecular flexibility index (Phi) is 3.74. The third kappa shape index (κ3) is 3.07.